The Labute approximate surface area is 81.1 Å². The number of rotatable bonds is 4. The number of aliphatic hydroxyl groups excluding tert-OH is 1. The van der Waals surface area contributed by atoms with Gasteiger partial charge in [-0.25, -0.2) is 0 Å². The first-order valence-electron chi connectivity index (χ1n) is 5.36. The molecule has 1 aliphatic heterocycles. The van der Waals surface area contributed by atoms with Crippen molar-refractivity contribution in [1.82, 2.24) is 10.2 Å². The molecule has 3 heteroatoms. The standard InChI is InChI=1S/C10H22N2O/c1-3-5-12-8-9(2)11-7-10(12)4-6-13/h9-11,13H,3-8H2,1-2H3/t9-,10+/m0/s1. The molecule has 0 aromatic rings. The molecule has 2 atom stereocenters. The Morgan fingerprint density at radius 1 is 1.54 bits per heavy atom. The second-order valence-electron chi connectivity index (χ2n) is 3.97. The average Bonchev–Trinajstić information content (AvgIpc) is 2.10. The molecule has 78 valence electrons. The van der Waals surface area contributed by atoms with Crippen LogP contribution >= 0.6 is 0 Å². The predicted molar refractivity (Wildman–Crippen MR) is 54.8 cm³/mol. The van der Waals surface area contributed by atoms with E-state index < -0.39 is 0 Å². The van der Waals surface area contributed by atoms with Gasteiger partial charge in [0.25, 0.3) is 0 Å². The maximum absolute atomic E-state index is 8.92. The Bertz CT molecular complexity index is 141. The number of nitrogens with zero attached hydrogens (tertiary/aromatic N) is 1. The minimum atomic E-state index is 0.306. The molecule has 3 nitrogen and oxygen atoms in total. The van der Waals surface area contributed by atoms with E-state index in [0.717, 1.165) is 26.1 Å². The maximum Gasteiger partial charge on any atom is 0.0446 e. The normalized spacial score (nSPS) is 30.7. The van der Waals surface area contributed by atoms with Crippen LogP contribution < -0.4 is 5.32 Å². The zero-order chi connectivity index (χ0) is 9.68. The van der Waals surface area contributed by atoms with Crippen molar-refractivity contribution in [3.05, 3.63) is 0 Å². The molecule has 0 spiro atoms. The van der Waals surface area contributed by atoms with Crippen LogP contribution in [0, 0.1) is 0 Å². The topological polar surface area (TPSA) is 35.5 Å². The fourth-order valence-corrected chi connectivity index (χ4v) is 2.03. The number of hydrogen-bond acceptors (Lipinski definition) is 3. The molecule has 0 aromatic carbocycles. The van der Waals surface area contributed by atoms with Gasteiger partial charge in [0.15, 0.2) is 0 Å². The lowest BCUT2D eigenvalue weighted by molar-refractivity contribution is 0.110. The van der Waals surface area contributed by atoms with E-state index in [1.54, 1.807) is 0 Å². The minimum Gasteiger partial charge on any atom is -0.396 e. The van der Waals surface area contributed by atoms with Crippen molar-refractivity contribution in [3.63, 3.8) is 0 Å². The van der Waals surface area contributed by atoms with Crippen LogP contribution in [0.5, 0.6) is 0 Å². The average molecular weight is 186 g/mol. The zero-order valence-electron chi connectivity index (χ0n) is 8.79. The molecule has 2 N–H and O–H groups in total. The summed E-state index contributed by atoms with van der Waals surface area (Å²) in [6.45, 7) is 8.05. The Kier molecular flexibility index (Phi) is 4.70. The highest BCUT2D eigenvalue weighted by Crippen LogP contribution is 2.10. The molecular weight excluding hydrogens is 164 g/mol. The van der Waals surface area contributed by atoms with Gasteiger partial charge in [-0.3, -0.25) is 4.90 Å². The fourth-order valence-electron chi connectivity index (χ4n) is 2.03. The van der Waals surface area contributed by atoms with Crippen molar-refractivity contribution in [2.24, 2.45) is 0 Å². The zero-order valence-corrected chi connectivity index (χ0v) is 8.79. The molecule has 0 saturated carbocycles. The lowest BCUT2D eigenvalue weighted by Gasteiger charge is -2.39. The first-order chi connectivity index (χ1) is 6.27. The van der Waals surface area contributed by atoms with Crippen molar-refractivity contribution < 1.29 is 5.11 Å². The van der Waals surface area contributed by atoms with E-state index in [1.807, 2.05) is 0 Å². The molecule has 1 heterocycles. The Balaban J connectivity index is 2.40. The molecule has 13 heavy (non-hydrogen) atoms. The first kappa shape index (κ1) is 11.0. The van der Waals surface area contributed by atoms with Crippen LogP contribution in [0.3, 0.4) is 0 Å². The van der Waals surface area contributed by atoms with Crippen LogP contribution in [0.1, 0.15) is 26.7 Å². The van der Waals surface area contributed by atoms with E-state index in [2.05, 4.69) is 24.1 Å². The van der Waals surface area contributed by atoms with Crippen LogP contribution in [-0.4, -0.2) is 48.3 Å². The van der Waals surface area contributed by atoms with Gasteiger partial charge < -0.3 is 10.4 Å². The molecule has 1 rings (SSSR count). The van der Waals surface area contributed by atoms with Crippen LogP contribution in [0.2, 0.25) is 0 Å². The first-order valence-corrected chi connectivity index (χ1v) is 5.36. The van der Waals surface area contributed by atoms with Gasteiger partial charge in [0, 0.05) is 31.8 Å². The number of hydrogen-bond donors (Lipinski definition) is 2. The lowest BCUT2D eigenvalue weighted by Crippen LogP contribution is -2.55. The second kappa shape index (κ2) is 5.58. The summed E-state index contributed by atoms with van der Waals surface area (Å²) in [7, 11) is 0. The van der Waals surface area contributed by atoms with Crippen LogP contribution in [0.4, 0.5) is 0 Å². The number of piperazine rings is 1. The Morgan fingerprint density at radius 3 is 2.92 bits per heavy atom. The number of nitrogens with one attached hydrogen (secondary N) is 1. The summed E-state index contributed by atoms with van der Waals surface area (Å²) in [4.78, 5) is 2.50. The van der Waals surface area contributed by atoms with Gasteiger partial charge in [-0.05, 0) is 26.3 Å². The molecule has 0 bridgehead atoms. The largest absolute Gasteiger partial charge is 0.396 e. The third kappa shape index (κ3) is 3.25. The molecule has 1 aliphatic rings. The number of aliphatic hydroxyl groups is 1. The summed E-state index contributed by atoms with van der Waals surface area (Å²) in [6, 6.07) is 1.14. The molecule has 0 aliphatic carbocycles. The second-order valence-corrected chi connectivity index (χ2v) is 3.97. The fraction of sp³-hybridized carbons (Fsp3) is 1.00. The van der Waals surface area contributed by atoms with Crippen molar-refractivity contribution in [2.75, 3.05) is 26.2 Å². The summed E-state index contributed by atoms with van der Waals surface area (Å²) in [5.41, 5.74) is 0. The Morgan fingerprint density at radius 2 is 2.31 bits per heavy atom. The summed E-state index contributed by atoms with van der Waals surface area (Å²) in [6.07, 6.45) is 2.11. The summed E-state index contributed by atoms with van der Waals surface area (Å²) < 4.78 is 0. The molecule has 0 unspecified atom stereocenters. The predicted octanol–water partition coefficient (Wildman–Crippen LogP) is 0.441. The van der Waals surface area contributed by atoms with E-state index in [-0.39, 0.29) is 0 Å². The van der Waals surface area contributed by atoms with E-state index in [9.17, 15) is 0 Å². The third-order valence-corrected chi connectivity index (χ3v) is 2.70. The summed E-state index contributed by atoms with van der Waals surface area (Å²) in [5, 5.41) is 12.4. The van der Waals surface area contributed by atoms with Gasteiger partial charge in [-0.1, -0.05) is 6.92 Å². The highest BCUT2D eigenvalue weighted by molar-refractivity contribution is 4.83. The van der Waals surface area contributed by atoms with Crippen molar-refractivity contribution >= 4 is 0 Å². The smallest absolute Gasteiger partial charge is 0.0446 e. The molecule has 0 radical (unpaired) electrons. The SMILES string of the molecule is CCCN1C[C@H](C)NC[C@H]1CCO. The molecular formula is C10H22N2O. The van der Waals surface area contributed by atoms with Gasteiger partial charge in [0.05, 0.1) is 0 Å². The van der Waals surface area contributed by atoms with E-state index in [0.29, 0.717) is 18.7 Å². The van der Waals surface area contributed by atoms with Gasteiger partial charge in [0.2, 0.25) is 0 Å². The van der Waals surface area contributed by atoms with Gasteiger partial charge >= 0.3 is 0 Å². The molecule has 0 aromatic heterocycles. The Hall–Kier alpha value is -0.120. The highest BCUT2D eigenvalue weighted by Gasteiger charge is 2.23. The summed E-state index contributed by atoms with van der Waals surface area (Å²) in [5.74, 6) is 0. The van der Waals surface area contributed by atoms with Crippen LogP contribution in [0.25, 0.3) is 0 Å². The van der Waals surface area contributed by atoms with E-state index >= 15 is 0 Å². The summed E-state index contributed by atoms with van der Waals surface area (Å²) >= 11 is 0. The van der Waals surface area contributed by atoms with E-state index in [1.165, 1.54) is 6.42 Å². The minimum absolute atomic E-state index is 0.306. The molecule has 1 fully saturated rings. The molecule has 0 amide bonds. The quantitative estimate of drug-likeness (QED) is 0.669. The monoisotopic (exact) mass is 186 g/mol. The van der Waals surface area contributed by atoms with Crippen LogP contribution in [0.15, 0.2) is 0 Å². The van der Waals surface area contributed by atoms with E-state index in [4.69, 9.17) is 5.11 Å². The van der Waals surface area contributed by atoms with Crippen molar-refractivity contribution in [1.29, 1.82) is 0 Å². The maximum atomic E-state index is 8.92. The molecule has 1 saturated heterocycles. The van der Waals surface area contributed by atoms with Gasteiger partial charge in [0.1, 0.15) is 0 Å². The lowest BCUT2D eigenvalue weighted by atomic mass is 10.1. The van der Waals surface area contributed by atoms with Gasteiger partial charge in [-0.2, -0.15) is 0 Å². The third-order valence-electron chi connectivity index (χ3n) is 2.70. The van der Waals surface area contributed by atoms with Crippen LogP contribution in [-0.2, 0) is 0 Å². The van der Waals surface area contributed by atoms with Gasteiger partial charge in [-0.15, -0.1) is 0 Å². The van der Waals surface area contributed by atoms with Crippen molar-refractivity contribution in [2.45, 2.75) is 38.8 Å². The highest BCUT2D eigenvalue weighted by atomic mass is 16.3. The van der Waals surface area contributed by atoms with Crippen molar-refractivity contribution in [3.8, 4) is 0 Å².